The van der Waals surface area contributed by atoms with Crippen molar-refractivity contribution in [2.45, 2.75) is 31.6 Å². The molecule has 13 heavy (non-hydrogen) atoms. The summed E-state index contributed by atoms with van der Waals surface area (Å²) in [5, 5.41) is 0.174. The highest BCUT2D eigenvalue weighted by molar-refractivity contribution is 9.13. The number of thiophene rings is 1. The van der Waals surface area contributed by atoms with Crippen molar-refractivity contribution in [3.05, 3.63) is 19.2 Å². The van der Waals surface area contributed by atoms with Crippen molar-refractivity contribution < 1.29 is 0 Å². The van der Waals surface area contributed by atoms with Crippen LogP contribution >= 0.6 is 54.8 Å². The molecule has 0 aliphatic carbocycles. The zero-order valence-electron chi connectivity index (χ0n) is 7.32. The van der Waals surface area contributed by atoms with Crippen molar-refractivity contribution in [1.82, 2.24) is 0 Å². The molecule has 1 unspecified atom stereocenters. The van der Waals surface area contributed by atoms with Crippen molar-refractivity contribution in [3.8, 4) is 0 Å². The summed E-state index contributed by atoms with van der Waals surface area (Å²) >= 11 is 14.9. The summed E-state index contributed by atoms with van der Waals surface area (Å²) in [7, 11) is 0. The van der Waals surface area contributed by atoms with Gasteiger partial charge in [0, 0.05) is 9.35 Å². The molecule has 0 saturated carbocycles. The Morgan fingerprint density at radius 3 is 2.69 bits per heavy atom. The number of rotatable bonds is 4. The van der Waals surface area contributed by atoms with Crippen LogP contribution < -0.4 is 0 Å². The highest BCUT2D eigenvalue weighted by atomic mass is 79.9. The summed E-state index contributed by atoms with van der Waals surface area (Å²) in [5.74, 6) is 0. The first-order chi connectivity index (χ1) is 6.15. The third-order valence-corrected chi connectivity index (χ3v) is 5.74. The fourth-order valence-corrected chi connectivity index (χ4v) is 3.50. The highest BCUT2D eigenvalue weighted by Gasteiger charge is 2.12. The smallest absolute Gasteiger partial charge is 0.0843 e. The Morgan fingerprint density at radius 2 is 2.23 bits per heavy atom. The van der Waals surface area contributed by atoms with Crippen molar-refractivity contribution >= 4 is 54.8 Å². The Balaban J connectivity index is 2.60. The maximum Gasteiger partial charge on any atom is 0.0843 e. The molecule has 1 heterocycles. The molecule has 1 rings (SSSR count). The SMILES string of the molecule is CCCCC(Cl)c1cc(Br)c(Br)s1. The van der Waals surface area contributed by atoms with Crippen LogP contribution in [0.5, 0.6) is 0 Å². The van der Waals surface area contributed by atoms with Crippen LogP contribution in [0, 0.1) is 0 Å². The van der Waals surface area contributed by atoms with E-state index in [4.69, 9.17) is 11.6 Å². The Kier molecular flexibility index (Phi) is 5.31. The lowest BCUT2D eigenvalue weighted by Gasteiger charge is -2.04. The van der Waals surface area contributed by atoms with E-state index in [0.717, 1.165) is 14.7 Å². The van der Waals surface area contributed by atoms with Crippen LogP contribution in [0.4, 0.5) is 0 Å². The van der Waals surface area contributed by atoms with Crippen LogP contribution in [0.3, 0.4) is 0 Å². The number of alkyl halides is 1. The van der Waals surface area contributed by atoms with Crippen molar-refractivity contribution in [2.75, 3.05) is 0 Å². The molecule has 0 bridgehead atoms. The maximum absolute atomic E-state index is 6.24. The van der Waals surface area contributed by atoms with E-state index >= 15 is 0 Å². The quantitative estimate of drug-likeness (QED) is 0.610. The predicted molar refractivity (Wildman–Crippen MR) is 67.8 cm³/mol. The second kappa shape index (κ2) is 5.74. The van der Waals surface area contributed by atoms with Crippen LogP contribution in [0.15, 0.2) is 14.3 Å². The first-order valence-corrected chi connectivity index (χ1v) is 7.07. The van der Waals surface area contributed by atoms with E-state index in [1.807, 2.05) is 0 Å². The summed E-state index contributed by atoms with van der Waals surface area (Å²) in [6.07, 6.45) is 3.47. The van der Waals surface area contributed by atoms with E-state index < -0.39 is 0 Å². The Bertz CT molecular complexity index is 253. The molecule has 74 valence electrons. The van der Waals surface area contributed by atoms with Gasteiger partial charge in [-0.3, -0.25) is 0 Å². The Labute approximate surface area is 105 Å². The van der Waals surface area contributed by atoms with Gasteiger partial charge in [-0.15, -0.1) is 22.9 Å². The highest BCUT2D eigenvalue weighted by Crippen LogP contribution is 2.39. The minimum Gasteiger partial charge on any atom is -0.131 e. The molecule has 0 spiro atoms. The molecule has 1 atom stereocenters. The van der Waals surface area contributed by atoms with Gasteiger partial charge in [-0.1, -0.05) is 19.8 Å². The van der Waals surface area contributed by atoms with Crippen LogP contribution in [-0.4, -0.2) is 0 Å². The van der Waals surface area contributed by atoms with Gasteiger partial charge in [0.2, 0.25) is 0 Å². The minimum atomic E-state index is 0.174. The average molecular weight is 347 g/mol. The first-order valence-electron chi connectivity index (χ1n) is 4.24. The second-order valence-electron chi connectivity index (χ2n) is 2.88. The third-order valence-electron chi connectivity index (χ3n) is 1.78. The van der Waals surface area contributed by atoms with Gasteiger partial charge < -0.3 is 0 Å². The van der Waals surface area contributed by atoms with Crippen molar-refractivity contribution in [3.63, 3.8) is 0 Å². The van der Waals surface area contributed by atoms with Gasteiger partial charge in [0.1, 0.15) is 0 Å². The third kappa shape index (κ3) is 3.54. The van der Waals surface area contributed by atoms with Crippen LogP contribution in [-0.2, 0) is 0 Å². The molecule has 0 aliphatic rings. The molecule has 0 amide bonds. The number of hydrogen-bond donors (Lipinski definition) is 0. The van der Waals surface area contributed by atoms with Gasteiger partial charge in [-0.25, -0.2) is 0 Å². The van der Waals surface area contributed by atoms with E-state index in [0.29, 0.717) is 0 Å². The molecule has 0 aliphatic heterocycles. The minimum absolute atomic E-state index is 0.174. The van der Waals surface area contributed by atoms with Gasteiger partial charge >= 0.3 is 0 Å². The lowest BCUT2D eigenvalue weighted by molar-refractivity contribution is 0.706. The van der Waals surface area contributed by atoms with Crippen LogP contribution in [0.25, 0.3) is 0 Å². The fourth-order valence-electron chi connectivity index (χ4n) is 1.04. The van der Waals surface area contributed by atoms with E-state index in [9.17, 15) is 0 Å². The maximum atomic E-state index is 6.24. The van der Waals surface area contributed by atoms with Gasteiger partial charge in [0.15, 0.2) is 0 Å². The van der Waals surface area contributed by atoms with Gasteiger partial charge in [0.05, 0.1) is 9.16 Å². The van der Waals surface area contributed by atoms with Crippen molar-refractivity contribution in [1.29, 1.82) is 0 Å². The summed E-state index contributed by atoms with van der Waals surface area (Å²) < 4.78 is 2.24. The molecule has 0 nitrogen and oxygen atoms in total. The van der Waals surface area contributed by atoms with E-state index in [1.165, 1.54) is 17.7 Å². The first kappa shape index (κ1) is 12.0. The van der Waals surface area contributed by atoms with E-state index in [-0.39, 0.29) is 5.38 Å². The summed E-state index contributed by atoms with van der Waals surface area (Å²) in [6, 6.07) is 2.10. The largest absolute Gasteiger partial charge is 0.131 e. The molecular formula is C9H11Br2ClS. The predicted octanol–water partition coefficient (Wildman–Crippen LogP) is 5.74. The average Bonchev–Trinajstić information content (AvgIpc) is 2.43. The topological polar surface area (TPSA) is 0 Å². The molecular weight excluding hydrogens is 335 g/mol. The standard InChI is InChI=1S/C9H11Br2ClS/c1-2-3-4-7(12)8-5-6(10)9(11)13-8/h5,7H,2-4H2,1H3. The van der Waals surface area contributed by atoms with Gasteiger partial charge in [-0.2, -0.15) is 0 Å². The van der Waals surface area contributed by atoms with Gasteiger partial charge in [0.25, 0.3) is 0 Å². The molecule has 1 aromatic rings. The fraction of sp³-hybridized carbons (Fsp3) is 0.556. The van der Waals surface area contributed by atoms with E-state index in [1.54, 1.807) is 11.3 Å². The van der Waals surface area contributed by atoms with Crippen LogP contribution in [0.1, 0.15) is 36.4 Å². The zero-order valence-corrected chi connectivity index (χ0v) is 12.1. The second-order valence-corrected chi connectivity index (χ2v) is 6.66. The molecule has 0 saturated heterocycles. The molecule has 0 aromatic carbocycles. The van der Waals surface area contributed by atoms with Gasteiger partial charge in [-0.05, 0) is 44.3 Å². The number of unbranched alkanes of at least 4 members (excludes halogenated alkanes) is 1. The Hall–Kier alpha value is 0.950. The molecule has 0 fully saturated rings. The summed E-state index contributed by atoms with van der Waals surface area (Å²) in [6.45, 7) is 2.18. The summed E-state index contributed by atoms with van der Waals surface area (Å²) in [5.41, 5.74) is 0. The Morgan fingerprint density at radius 1 is 1.54 bits per heavy atom. The summed E-state index contributed by atoms with van der Waals surface area (Å²) in [4.78, 5) is 1.24. The zero-order chi connectivity index (χ0) is 9.84. The molecule has 0 radical (unpaired) electrons. The lowest BCUT2D eigenvalue weighted by Crippen LogP contribution is -1.85. The number of halogens is 3. The molecule has 1 aromatic heterocycles. The van der Waals surface area contributed by atoms with Crippen molar-refractivity contribution in [2.24, 2.45) is 0 Å². The number of hydrogen-bond acceptors (Lipinski definition) is 1. The lowest BCUT2D eigenvalue weighted by atomic mass is 10.2. The molecule has 0 N–H and O–H groups in total. The van der Waals surface area contributed by atoms with E-state index in [2.05, 4.69) is 44.8 Å². The molecule has 4 heteroatoms. The normalized spacial score (nSPS) is 13.2. The monoisotopic (exact) mass is 344 g/mol. The van der Waals surface area contributed by atoms with Crippen LogP contribution in [0.2, 0.25) is 0 Å².